The lowest BCUT2D eigenvalue weighted by atomic mass is 10.2. The first kappa shape index (κ1) is 12.2. The summed E-state index contributed by atoms with van der Waals surface area (Å²) in [7, 11) is 0. The Morgan fingerprint density at radius 2 is 2.50 bits per heavy atom. The van der Waals surface area contributed by atoms with Crippen molar-refractivity contribution in [3.8, 4) is 0 Å². The number of amides is 1. The Morgan fingerprint density at radius 3 is 3.00 bits per heavy atom. The number of nitrogens with one attached hydrogen (secondary N) is 1. The van der Waals surface area contributed by atoms with Crippen molar-refractivity contribution in [1.29, 1.82) is 0 Å². The predicted molar refractivity (Wildman–Crippen MR) is 57.2 cm³/mol. The Bertz CT molecular complexity index is 377. The molecule has 86 valence electrons. The van der Waals surface area contributed by atoms with Crippen molar-refractivity contribution in [3.05, 3.63) is 29.2 Å². The first-order valence-corrected chi connectivity index (χ1v) is 5.24. The lowest BCUT2D eigenvalue weighted by molar-refractivity contribution is -0.139. The van der Waals surface area contributed by atoms with Gasteiger partial charge < -0.3 is 15.2 Å². The van der Waals surface area contributed by atoms with E-state index in [1.165, 1.54) is 22.9 Å². The van der Waals surface area contributed by atoms with Gasteiger partial charge in [-0.15, -0.1) is 11.3 Å². The molecule has 0 saturated carbocycles. The van der Waals surface area contributed by atoms with E-state index < -0.39 is 18.1 Å². The lowest BCUT2D eigenvalue weighted by Crippen LogP contribution is -2.34. The molecule has 1 atom stereocenters. The van der Waals surface area contributed by atoms with Gasteiger partial charge in [-0.05, 0) is 0 Å². The quantitative estimate of drug-likeness (QED) is 0.757. The van der Waals surface area contributed by atoms with Crippen molar-refractivity contribution in [2.75, 3.05) is 6.61 Å². The highest BCUT2D eigenvalue weighted by atomic mass is 32.1. The first-order valence-electron chi connectivity index (χ1n) is 4.30. The van der Waals surface area contributed by atoms with Crippen LogP contribution in [-0.4, -0.2) is 28.8 Å². The van der Waals surface area contributed by atoms with Gasteiger partial charge in [-0.1, -0.05) is 12.7 Å². The number of thiazole rings is 1. The molecule has 0 aliphatic carbocycles. The van der Waals surface area contributed by atoms with E-state index in [0.29, 0.717) is 0 Å². The summed E-state index contributed by atoms with van der Waals surface area (Å²) in [6.07, 6.45) is 0.568. The average molecular weight is 242 g/mol. The number of carboxylic acids is 1. The summed E-state index contributed by atoms with van der Waals surface area (Å²) >= 11 is 1.25. The number of ether oxygens (including phenoxy) is 1. The van der Waals surface area contributed by atoms with E-state index in [9.17, 15) is 9.59 Å². The minimum atomic E-state index is -1.19. The Morgan fingerprint density at radius 1 is 1.75 bits per heavy atom. The highest BCUT2D eigenvalue weighted by Gasteiger charge is 2.24. The first-order chi connectivity index (χ1) is 7.65. The summed E-state index contributed by atoms with van der Waals surface area (Å²) in [6, 6.07) is -1.19. The molecule has 16 heavy (non-hydrogen) atoms. The number of aromatic nitrogens is 1. The number of nitrogens with zero attached hydrogens (tertiary/aromatic N) is 1. The summed E-state index contributed by atoms with van der Waals surface area (Å²) in [6.45, 7) is 3.39. The van der Waals surface area contributed by atoms with Crippen LogP contribution in [0.25, 0.3) is 0 Å². The number of carbonyl (C=O) groups excluding carboxylic acids is 1. The number of hydrogen-bond donors (Lipinski definition) is 2. The van der Waals surface area contributed by atoms with Crippen LogP contribution in [0.1, 0.15) is 11.7 Å². The second-order valence-corrected chi connectivity index (χ2v) is 3.43. The fraction of sp³-hybridized carbons (Fsp3) is 0.222. The van der Waals surface area contributed by atoms with Crippen molar-refractivity contribution >= 4 is 23.4 Å². The maximum absolute atomic E-state index is 11.1. The largest absolute Gasteiger partial charge is 0.479 e. The molecule has 2 N–H and O–H groups in total. The molecule has 0 bridgehead atoms. The molecule has 0 radical (unpaired) electrons. The van der Waals surface area contributed by atoms with Crippen molar-refractivity contribution in [3.63, 3.8) is 0 Å². The minimum Gasteiger partial charge on any atom is -0.479 e. The molecule has 0 saturated heterocycles. The molecule has 6 nitrogen and oxygen atoms in total. The molecule has 1 amide bonds. The van der Waals surface area contributed by atoms with E-state index in [1.807, 2.05) is 0 Å². The molecule has 0 aliphatic rings. The maximum atomic E-state index is 11.1. The van der Waals surface area contributed by atoms with Gasteiger partial charge in [0, 0.05) is 5.38 Å². The number of carbonyl (C=O) groups is 2. The molecule has 1 heterocycles. The lowest BCUT2D eigenvalue weighted by Gasteiger charge is -2.11. The van der Waals surface area contributed by atoms with Gasteiger partial charge >= 0.3 is 12.1 Å². The van der Waals surface area contributed by atoms with Gasteiger partial charge in [-0.3, -0.25) is 0 Å². The van der Waals surface area contributed by atoms with E-state index in [4.69, 9.17) is 5.11 Å². The monoisotopic (exact) mass is 242 g/mol. The highest BCUT2D eigenvalue weighted by molar-refractivity contribution is 7.07. The third-order valence-corrected chi connectivity index (χ3v) is 2.19. The predicted octanol–water partition coefficient (Wildman–Crippen LogP) is 1.18. The van der Waals surface area contributed by atoms with Gasteiger partial charge in [0.2, 0.25) is 0 Å². The van der Waals surface area contributed by atoms with Crippen LogP contribution in [0.2, 0.25) is 0 Å². The highest BCUT2D eigenvalue weighted by Crippen LogP contribution is 2.13. The Hall–Kier alpha value is -1.89. The fourth-order valence-electron chi connectivity index (χ4n) is 0.921. The molecular weight excluding hydrogens is 232 g/mol. The van der Waals surface area contributed by atoms with E-state index in [-0.39, 0.29) is 12.3 Å². The van der Waals surface area contributed by atoms with Crippen molar-refractivity contribution in [2.24, 2.45) is 0 Å². The van der Waals surface area contributed by atoms with Gasteiger partial charge in [0.25, 0.3) is 0 Å². The van der Waals surface area contributed by atoms with Gasteiger partial charge in [0.1, 0.15) is 6.61 Å². The topological polar surface area (TPSA) is 88.5 Å². The molecule has 1 rings (SSSR count). The third-order valence-electron chi connectivity index (χ3n) is 1.59. The summed E-state index contributed by atoms with van der Waals surface area (Å²) in [5.41, 5.74) is 1.76. The second kappa shape index (κ2) is 5.86. The van der Waals surface area contributed by atoms with E-state index in [0.717, 1.165) is 0 Å². The molecule has 1 unspecified atom stereocenters. The zero-order valence-electron chi connectivity index (χ0n) is 8.25. The molecule has 1 aromatic rings. The van der Waals surface area contributed by atoms with Gasteiger partial charge in [0.05, 0.1) is 11.2 Å². The van der Waals surface area contributed by atoms with E-state index in [2.05, 4.69) is 21.6 Å². The van der Waals surface area contributed by atoms with Gasteiger partial charge in [0.15, 0.2) is 6.04 Å². The normalized spacial score (nSPS) is 11.5. The average Bonchev–Trinajstić information content (AvgIpc) is 2.75. The smallest absolute Gasteiger partial charge is 0.408 e. The third kappa shape index (κ3) is 3.35. The van der Waals surface area contributed by atoms with Gasteiger partial charge in [-0.2, -0.15) is 0 Å². The standard InChI is InChI=1S/C9H10N2O4S/c1-2-3-15-9(14)11-7(8(12)13)6-4-16-5-10-6/h2,4-5,7H,1,3H2,(H,11,14)(H,12,13). The number of rotatable bonds is 5. The van der Waals surface area contributed by atoms with Crippen LogP contribution in [0.5, 0.6) is 0 Å². The Labute approximate surface area is 95.6 Å². The van der Waals surface area contributed by atoms with Crippen molar-refractivity contribution in [2.45, 2.75) is 6.04 Å². The molecule has 1 aromatic heterocycles. The van der Waals surface area contributed by atoms with Crippen molar-refractivity contribution < 1.29 is 19.4 Å². The number of carboxylic acid groups (broad SMARTS) is 1. The number of hydrogen-bond acceptors (Lipinski definition) is 5. The van der Waals surface area contributed by atoms with Gasteiger partial charge in [-0.25, -0.2) is 14.6 Å². The van der Waals surface area contributed by atoms with E-state index in [1.54, 1.807) is 5.38 Å². The van der Waals surface area contributed by atoms with Crippen molar-refractivity contribution in [1.82, 2.24) is 10.3 Å². The van der Waals surface area contributed by atoms with Crippen LogP contribution in [0, 0.1) is 0 Å². The summed E-state index contributed by atoms with van der Waals surface area (Å²) in [5.74, 6) is -1.19. The summed E-state index contributed by atoms with van der Waals surface area (Å²) < 4.78 is 4.61. The Balaban J connectivity index is 2.63. The van der Waals surface area contributed by atoms with E-state index >= 15 is 0 Å². The molecule has 7 heteroatoms. The van der Waals surface area contributed by atoms with Crippen LogP contribution < -0.4 is 5.32 Å². The second-order valence-electron chi connectivity index (χ2n) is 2.72. The Kier molecular flexibility index (Phi) is 4.46. The SMILES string of the molecule is C=CCOC(=O)NC(C(=O)O)c1cscn1. The fourth-order valence-corrected chi connectivity index (χ4v) is 1.50. The molecule has 0 aliphatic heterocycles. The molecule has 0 spiro atoms. The van der Waals surface area contributed by atoms with Crippen LogP contribution in [0.4, 0.5) is 4.79 Å². The van der Waals surface area contributed by atoms with Crippen LogP contribution in [0.3, 0.4) is 0 Å². The number of aliphatic carboxylic acids is 1. The molecular formula is C9H10N2O4S. The zero-order chi connectivity index (χ0) is 12.0. The van der Waals surface area contributed by atoms with Crippen LogP contribution in [-0.2, 0) is 9.53 Å². The zero-order valence-corrected chi connectivity index (χ0v) is 9.07. The summed E-state index contributed by atoms with van der Waals surface area (Å²) in [5, 5.41) is 12.6. The van der Waals surface area contributed by atoms with Crippen LogP contribution >= 0.6 is 11.3 Å². The van der Waals surface area contributed by atoms with Crippen LogP contribution in [0.15, 0.2) is 23.5 Å². The number of alkyl carbamates (subject to hydrolysis) is 1. The summed E-state index contributed by atoms with van der Waals surface area (Å²) in [4.78, 5) is 25.8. The molecule has 0 fully saturated rings. The minimum absolute atomic E-state index is 0.0231. The molecule has 0 aromatic carbocycles. The maximum Gasteiger partial charge on any atom is 0.408 e.